The number of likely N-dealkylation sites (N-methyl/N-ethyl adjacent to an activating group) is 1. The molecule has 4 nitrogen and oxygen atoms in total. The largest absolute Gasteiger partial charge is 0.481 e. The Hall–Kier alpha value is -1.84. The van der Waals surface area contributed by atoms with E-state index >= 15 is 0 Å². The number of unbranched alkanes of at least 4 members (excludes halogenated alkanes) is 1. The summed E-state index contributed by atoms with van der Waals surface area (Å²) in [5, 5.41) is 8.69. The maximum atomic E-state index is 12.1. The van der Waals surface area contributed by atoms with Gasteiger partial charge in [-0.25, -0.2) is 0 Å². The maximum Gasteiger partial charge on any atom is 0.305 e. The predicted molar refractivity (Wildman–Crippen MR) is 83.3 cm³/mol. The number of amides is 1. The van der Waals surface area contributed by atoms with E-state index in [1.807, 2.05) is 19.1 Å². The number of hydrogen-bond donors (Lipinski definition) is 1. The summed E-state index contributed by atoms with van der Waals surface area (Å²) in [6.45, 7) is 4.86. The van der Waals surface area contributed by atoms with Crippen LogP contribution in [0.25, 0.3) is 0 Å². The van der Waals surface area contributed by atoms with Crippen molar-refractivity contribution in [1.82, 2.24) is 4.90 Å². The lowest BCUT2D eigenvalue weighted by Crippen LogP contribution is -2.34. The fraction of sp³-hybridized carbons (Fsp3) is 0.529. The van der Waals surface area contributed by atoms with E-state index in [9.17, 15) is 9.59 Å². The van der Waals surface area contributed by atoms with Crippen LogP contribution in [0.2, 0.25) is 0 Å². The highest BCUT2D eigenvalue weighted by molar-refractivity contribution is 5.79. The molecule has 0 radical (unpaired) electrons. The summed E-state index contributed by atoms with van der Waals surface area (Å²) >= 11 is 0. The van der Waals surface area contributed by atoms with Crippen LogP contribution in [0.5, 0.6) is 0 Å². The molecule has 1 aromatic rings. The third kappa shape index (κ3) is 6.43. The lowest BCUT2D eigenvalue weighted by molar-refractivity contribution is -0.138. The van der Waals surface area contributed by atoms with E-state index in [0.29, 0.717) is 13.0 Å². The van der Waals surface area contributed by atoms with Gasteiger partial charge in [-0.2, -0.15) is 0 Å². The van der Waals surface area contributed by atoms with E-state index in [0.717, 1.165) is 12.0 Å². The van der Waals surface area contributed by atoms with Gasteiger partial charge in [-0.15, -0.1) is 0 Å². The molecule has 0 aliphatic heterocycles. The van der Waals surface area contributed by atoms with Crippen LogP contribution in [0, 0.1) is 0 Å². The van der Waals surface area contributed by atoms with Crippen LogP contribution in [-0.4, -0.2) is 35.0 Å². The Morgan fingerprint density at radius 3 is 2.24 bits per heavy atom. The minimum Gasteiger partial charge on any atom is -0.481 e. The monoisotopic (exact) mass is 291 g/mol. The van der Waals surface area contributed by atoms with Crippen molar-refractivity contribution in [3.05, 3.63) is 35.4 Å². The van der Waals surface area contributed by atoms with Gasteiger partial charge in [0.2, 0.25) is 5.91 Å². The zero-order chi connectivity index (χ0) is 15.7. The topological polar surface area (TPSA) is 57.6 Å². The van der Waals surface area contributed by atoms with E-state index in [-0.39, 0.29) is 18.9 Å². The molecule has 0 aliphatic carbocycles. The van der Waals surface area contributed by atoms with Crippen molar-refractivity contribution < 1.29 is 14.7 Å². The number of aryl methyl sites for hydroxylation is 1. The molecule has 1 amide bonds. The Balaban J connectivity index is 2.54. The van der Waals surface area contributed by atoms with Gasteiger partial charge in [-0.1, -0.05) is 37.6 Å². The van der Waals surface area contributed by atoms with E-state index in [4.69, 9.17) is 5.11 Å². The second-order valence-electron chi connectivity index (χ2n) is 5.21. The first kappa shape index (κ1) is 17.2. The second-order valence-corrected chi connectivity index (χ2v) is 5.21. The first-order valence-corrected chi connectivity index (χ1v) is 7.64. The average molecular weight is 291 g/mol. The lowest BCUT2D eigenvalue weighted by atomic mass is 10.0. The van der Waals surface area contributed by atoms with Crippen molar-refractivity contribution in [2.24, 2.45) is 0 Å². The first-order valence-electron chi connectivity index (χ1n) is 7.64. The van der Waals surface area contributed by atoms with Crippen LogP contribution in [0.15, 0.2) is 24.3 Å². The first-order chi connectivity index (χ1) is 10.1. The van der Waals surface area contributed by atoms with Gasteiger partial charge in [0.25, 0.3) is 0 Å². The quantitative estimate of drug-likeness (QED) is 0.761. The van der Waals surface area contributed by atoms with Gasteiger partial charge in [-0.3, -0.25) is 9.59 Å². The van der Waals surface area contributed by atoms with Gasteiger partial charge >= 0.3 is 5.97 Å². The molecule has 116 valence electrons. The lowest BCUT2D eigenvalue weighted by Gasteiger charge is -2.20. The molecule has 0 fully saturated rings. The summed E-state index contributed by atoms with van der Waals surface area (Å²) in [4.78, 5) is 24.3. The third-order valence-electron chi connectivity index (χ3n) is 3.53. The Morgan fingerprint density at radius 2 is 1.71 bits per heavy atom. The van der Waals surface area contributed by atoms with Crippen molar-refractivity contribution in [3.63, 3.8) is 0 Å². The zero-order valence-electron chi connectivity index (χ0n) is 13.0. The summed E-state index contributed by atoms with van der Waals surface area (Å²) < 4.78 is 0. The highest BCUT2D eigenvalue weighted by Gasteiger charge is 2.13. The highest BCUT2D eigenvalue weighted by Crippen LogP contribution is 2.09. The molecule has 0 atom stereocenters. The van der Waals surface area contributed by atoms with Gasteiger partial charge < -0.3 is 10.0 Å². The van der Waals surface area contributed by atoms with E-state index in [1.54, 1.807) is 4.90 Å². The summed E-state index contributed by atoms with van der Waals surface area (Å²) in [5.74, 6) is -0.887. The molecule has 0 spiro atoms. The molecular formula is C17H25NO3. The summed E-state index contributed by atoms with van der Waals surface area (Å²) in [6.07, 6.45) is 3.76. The van der Waals surface area contributed by atoms with Crippen LogP contribution in [0.4, 0.5) is 0 Å². The number of benzene rings is 1. The molecule has 0 aliphatic rings. The predicted octanol–water partition coefficient (Wildman–Crippen LogP) is 2.89. The second kappa shape index (κ2) is 9.16. The number of nitrogens with zero attached hydrogens (tertiary/aromatic N) is 1. The van der Waals surface area contributed by atoms with Crippen molar-refractivity contribution in [3.8, 4) is 0 Å². The molecule has 0 unspecified atom stereocenters. The molecule has 0 heterocycles. The molecule has 1 rings (SSSR count). The van der Waals surface area contributed by atoms with Gasteiger partial charge in [0.15, 0.2) is 0 Å². The van der Waals surface area contributed by atoms with Crippen molar-refractivity contribution in [2.45, 2.75) is 46.0 Å². The molecule has 1 aromatic carbocycles. The highest BCUT2D eigenvalue weighted by atomic mass is 16.4. The summed E-state index contributed by atoms with van der Waals surface area (Å²) in [6, 6.07) is 8.14. The summed E-state index contributed by atoms with van der Waals surface area (Å²) in [5.41, 5.74) is 2.28. The third-order valence-corrected chi connectivity index (χ3v) is 3.53. The van der Waals surface area contributed by atoms with Crippen molar-refractivity contribution >= 4 is 11.9 Å². The molecule has 0 saturated carbocycles. The number of rotatable bonds is 9. The molecule has 0 bridgehead atoms. The Labute approximate surface area is 126 Å². The van der Waals surface area contributed by atoms with Crippen LogP contribution >= 0.6 is 0 Å². The smallest absolute Gasteiger partial charge is 0.305 e. The zero-order valence-corrected chi connectivity index (χ0v) is 13.0. The molecular weight excluding hydrogens is 266 g/mol. The van der Waals surface area contributed by atoms with Crippen LogP contribution in [0.3, 0.4) is 0 Å². The molecule has 1 N–H and O–H groups in total. The van der Waals surface area contributed by atoms with Gasteiger partial charge in [0.05, 0.1) is 12.8 Å². The van der Waals surface area contributed by atoms with E-state index in [1.165, 1.54) is 18.4 Å². The van der Waals surface area contributed by atoms with Crippen LogP contribution < -0.4 is 0 Å². The SMILES string of the molecule is CCCCc1ccc(CC(=O)N(CC)CCC(=O)O)cc1. The number of hydrogen-bond acceptors (Lipinski definition) is 2. The van der Waals surface area contributed by atoms with Gasteiger partial charge in [0, 0.05) is 13.1 Å². The summed E-state index contributed by atoms with van der Waals surface area (Å²) in [7, 11) is 0. The van der Waals surface area contributed by atoms with Crippen LogP contribution in [-0.2, 0) is 22.4 Å². The number of carbonyl (C=O) groups excluding carboxylic acids is 1. The Bertz CT molecular complexity index is 454. The fourth-order valence-corrected chi connectivity index (χ4v) is 2.18. The Morgan fingerprint density at radius 1 is 1.10 bits per heavy atom. The average Bonchev–Trinajstić information content (AvgIpc) is 2.47. The molecule has 4 heteroatoms. The van der Waals surface area contributed by atoms with Crippen molar-refractivity contribution in [1.29, 1.82) is 0 Å². The standard InChI is InChI=1S/C17H25NO3/c1-3-5-6-14-7-9-15(10-8-14)13-16(19)18(4-2)12-11-17(20)21/h7-10H,3-6,11-13H2,1-2H3,(H,20,21). The van der Waals surface area contributed by atoms with Gasteiger partial charge in [0.1, 0.15) is 0 Å². The maximum absolute atomic E-state index is 12.1. The number of carboxylic acids is 1. The molecule has 0 saturated heterocycles. The van der Waals surface area contributed by atoms with Crippen LogP contribution in [0.1, 0.15) is 44.2 Å². The molecule has 21 heavy (non-hydrogen) atoms. The number of aliphatic carboxylic acids is 1. The van der Waals surface area contributed by atoms with Gasteiger partial charge in [-0.05, 0) is 30.9 Å². The fourth-order valence-electron chi connectivity index (χ4n) is 2.18. The van der Waals surface area contributed by atoms with Crippen molar-refractivity contribution in [2.75, 3.05) is 13.1 Å². The normalized spacial score (nSPS) is 10.4. The molecule has 0 aromatic heterocycles. The van der Waals surface area contributed by atoms with E-state index < -0.39 is 5.97 Å². The number of carboxylic acid groups (broad SMARTS) is 1. The Kier molecular flexibility index (Phi) is 7.51. The number of carbonyl (C=O) groups is 2. The minimum absolute atomic E-state index is 0.00443. The van der Waals surface area contributed by atoms with E-state index in [2.05, 4.69) is 19.1 Å². The minimum atomic E-state index is -0.874.